The predicted octanol–water partition coefficient (Wildman–Crippen LogP) is 11.7. The van der Waals surface area contributed by atoms with E-state index in [1.807, 2.05) is 11.3 Å². The summed E-state index contributed by atoms with van der Waals surface area (Å²) in [5.41, 5.74) is 11.2. The Kier molecular flexibility index (Phi) is 4.97. The molecule has 0 radical (unpaired) electrons. The Morgan fingerprint density at radius 2 is 1.22 bits per heavy atom. The molecule has 9 aromatic rings. The van der Waals surface area contributed by atoms with Gasteiger partial charge >= 0.3 is 0 Å². The molecular formula is C42H28N2S. The van der Waals surface area contributed by atoms with Gasteiger partial charge in [-0.2, -0.15) is 0 Å². The predicted molar refractivity (Wildman–Crippen MR) is 192 cm³/mol. The second kappa shape index (κ2) is 8.90. The zero-order valence-electron chi connectivity index (χ0n) is 25.0. The summed E-state index contributed by atoms with van der Waals surface area (Å²) in [4.78, 5) is 5.36. The molecule has 212 valence electrons. The molecule has 45 heavy (non-hydrogen) atoms. The number of fused-ring (bicyclic) bond motifs is 10. The van der Waals surface area contributed by atoms with Crippen molar-refractivity contribution in [1.82, 2.24) is 9.55 Å². The van der Waals surface area contributed by atoms with E-state index in [0.717, 1.165) is 11.3 Å². The molecule has 0 N–H and O–H groups in total. The molecule has 0 bridgehead atoms. The Bertz CT molecular complexity index is 2690. The molecule has 0 amide bonds. The minimum Gasteiger partial charge on any atom is -0.294 e. The van der Waals surface area contributed by atoms with E-state index in [4.69, 9.17) is 4.98 Å². The van der Waals surface area contributed by atoms with Crippen LogP contribution >= 0.6 is 11.3 Å². The third-order valence-corrected chi connectivity index (χ3v) is 11.2. The molecule has 3 heteroatoms. The van der Waals surface area contributed by atoms with Gasteiger partial charge in [-0.3, -0.25) is 4.57 Å². The van der Waals surface area contributed by atoms with Crippen LogP contribution in [-0.2, 0) is 5.41 Å². The van der Waals surface area contributed by atoms with Gasteiger partial charge < -0.3 is 0 Å². The van der Waals surface area contributed by atoms with Crippen LogP contribution in [0, 0.1) is 0 Å². The summed E-state index contributed by atoms with van der Waals surface area (Å²) in [7, 11) is 0. The summed E-state index contributed by atoms with van der Waals surface area (Å²) in [5, 5.41) is 6.32. The maximum absolute atomic E-state index is 5.36. The standard InChI is InChI=1S/C42H28N2S/c1-42(2)34-18-7-3-12-25(34)32-23-38-33(22-35(32)42)27-14-5-9-20-37(27)44(38)40-24-31(26-13-4-8-19-36(26)43-40)30-17-11-16-29-28-15-6-10-21-39(28)45-41(29)30/h3-24H,1-2H3. The molecule has 2 nitrogen and oxygen atoms in total. The summed E-state index contributed by atoms with van der Waals surface area (Å²) >= 11 is 1.88. The van der Waals surface area contributed by atoms with Crippen LogP contribution in [0.3, 0.4) is 0 Å². The third-order valence-electron chi connectivity index (χ3n) is 10.0. The van der Waals surface area contributed by atoms with Gasteiger partial charge in [-0.25, -0.2) is 4.98 Å². The highest BCUT2D eigenvalue weighted by Crippen LogP contribution is 2.51. The van der Waals surface area contributed by atoms with Crippen LogP contribution < -0.4 is 0 Å². The number of pyridine rings is 1. The minimum atomic E-state index is -0.0549. The Labute approximate surface area is 264 Å². The Hall–Kier alpha value is -5.25. The summed E-state index contributed by atoms with van der Waals surface area (Å²) < 4.78 is 5.03. The maximum atomic E-state index is 5.36. The van der Waals surface area contributed by atoms with E-state index in [-0.39, 0.29) is 5.41 Å². The summed E-state index contributed by atoms with van der Waals surface area (Å²) in [6.07, 6.45) is 0. The van der Waals surface area contributed by atoms with Gasteiger partial charge in [0.15, 0.2) is 0 Å². The van der Waals surface area contributed by atoms with Crippen molar-refractivity contribution in [2.75, 3.05) is 0 Å². The summed E-state index contributed by atoms with van der Waals surface area (Å²) in [6, 6.07) is 48.9. The van der Waals surface area contributed by atoms with E-state index < -0.39 is 0 Å². The van der Waals surface area contributed by atoms with Crippen LogP contribution in [-0.4, -0.2) is 9.55 Å². The van der Waals surface area contributed by atoms with Gasteiger partial charge in [0.2, 0.25) is 0 Å². The Morgan fingerprint density at radius 1 is 0.511 bits per heavy atom. The molecular weight excluding hydrogens is 565 g/mol. The van der Waals surface area contributed by atoms with Crippen LogP contribution in [0.1, 0.15) is 25.0 Å². The molecule has 0 unspecified atom stereocenters. The van der Waals surface area contributed by atoms with Crippen LogP contribution in [0.5, 0.6) is 0 Å². The monoisotopic (exact) mass is 592 g/mol. The van der Waals surface area contributed by atoms with E-state index in [9.17, 15) is 0 Å². The summed E-state index contributed by atoms with van der Waals surface area (Å²) in [5.74, 6) is 0.943. The average molecular weight is 593 g/mol. The molecule has 0 aliphatic heterocycles. The molecule has 3 heterocycles. The molecule has 6 aromatic carbocycles. The van der Waals surface area contributed by atoms with E-state index in [0.29, 0.717) is 0 Å². The molecule has 10 rings (SSSR count). The van der Waals surface area contributed by atoms with Gasteiger partial charge in [0, 0.05) is 47.3 Å². The SMILES string of the molecule is CC1(C)c2ccccc2-c2cc3c(cc21)c1ccccc1n3-c1cc(-c2cccc3c2sc2ccccc23)c2ccccc2n1. The molecule has 3 aromatic heterocycles. The van der Waals surface area contributed by atoms with Gasteiger partial charge in [0.1, 0.15) is 5.82 Å². The topological polar surface area (TPSA) is 17.8 Å². The van der Waals surface area contributed by atoms with Crippen molar-refractivity contribution >= 4 is 64.2 Å². The van der Waals surface area contributed by atoms with Crippen molar-refractivity contribution in [1.29, 1.82) is 0 Å². The van der Waals surface area contributed by atoms with E-state index in [2.05, 4.69) is 152 Å². The molecule has 0 saturated heterocycles. The first-order valence-corrected chi connectivity index (χ1v) is 16.4. The molecule has 0 saturated carbocycles. The summed E-state index contributed by atoms with van der Waals surface area (Å²) in [6.45, 7) is 4.71. The van der Waals surface area contributed by atoms with E-state index in [1.165, 1.54) is 80.7 Å². The van der Waals surface area contributed by atoms with E-state index >= 15 is 0 Å². The first-order valence-electron chi connectivity index (χ1n) is 15.6. The van der Waals surface area contributed by atoms with Crippen LogP contribution in [0.15, 0.2) is 133 Å². The minimum absolute atomic E-state index is 0.0549. The second-order valence-electron chi connectivity index (χ2n) is 12.8. The highest BCUT2D eigenvalue weighted by molar-refractivity contribution is 7.26. The van der Waals surface area contributed by atoms with Crippen molar-refractivity contribution < 1.29 is 0 Å². The lowest BCUT2D eigenvalue weighted by Crippen LogP contribution is -2.14. The number of hydrogen-bond acceptors (Lipinski definition) is 2. The fourth-order valence-corrected chi connectivity index (χ4v) is 9.10. The largest absolute Gasteiger partial charge is 0.294 e. The number of hydrogen-bond donors (Lipinski definition) is 0. The zero-order valence-corrected chi connectivity index (χ0v) is 25.8. The molecule has 1 aliphatic rings. The molecule has 0 atom stereocenters. The Morgan fingerprint density at radius 3 is 2.13 bits per heavy atom. The van der Waals surface area contributed by atoms with Crippen molar-refractivity contribution in [3.05, 3.63) is 145 Å². The fraction of sp³-hybridized carbons (Fsp3) is 0.0714. The van der Waals surface area contributed by atoms with Gasteiger partial charge in [-0.1, -0.05) is 111 Å². The van der Waals surface area contributed by atoms with Crippen LogP contribution in [0.25, 0.3) is 81.0 Å². The normalized spacial score (nSPS) is 13.7. The quantitative estimate of drug-likeness (QED) is 0.195. The lowest BCUT2D eigenvalue weighted by molar-refractivity contribution is 0.661. The highest BCUT2D eigenvalue weighted by Gasteiger charge is 2.36. The van der Waals surface area contributed by atoms with Crippen molar-refractivity contribution in [3.63, 3.8) is 0 Å². The van der Waals surface area contributed by atoms with Gasteiger partial charge in [0.25, 0.3) is 0 Å². The average Bonchev–Trinajstić information content (AvgIpc) is 3.69. The number of aromatic nitrogens is 2. The lowest BCUT2D eigenvalue weighted by Gasteiger charge is -2.21. The van der Waals surface area contributed by atoms with Crippen LogP contribution in [0.4, 0.5) is 0 Å². The number of para-hydroxylation sites is 2. The van der Waals surface area contributed by atoms with Gasteiger partial charge in [0.05, 0.1) is 16.6 Å². The van der Waals surface area contributed by atoms with Crippen LogP contribution in [0.2, 0.25) is 0 Å². The third kappa shape index (κ3) is 3.36. The lowest BCUT2D eigenvalue weighted by atomic mass is 9.82. The maximum Gasteiger partial charge on any atom is 0.138 e. The van der Waals surface area contributed by atoms with Crippen molar-refractivity contribution in [3.8, 4) is 28.1 Å². The fourth-order valence-electron chi connectivity index (χ4n) is 7.87. The highest BCUT2D eigenvalue weighted by atomic mass is 32.1. The van der Waals surface area contributed by atoms with Crippen molar-refractivity contribution in [2.24, 2.45) is 0 Å². The Balaban J connectivity index is 1.31. The van der Waals surface area contributed by atoms with Gasteiger partial charge in [-0.05, 0) is 64.2 Å². The first-order chi connectivity index (χ1) is 22.1. The number of thiophene rings is 1. The number of benzene rings is 6. The second-order valence-corrected chi connectivity index (χ2v) is 13.8. The number of nitrogens with zero attached hydrogens (tertiary/aromatic N) is 2. The van der Waals surface area contributed by atoms with Gasteiger partial charge in [-0.15, -0.1) is 11.3 Å². The smallest absolute Gasteiger partial charge is 0.138 e. The van der Waals surface area contributed by atoms with E-state index in [1.54, 1.807) is 0 Å². The van der Waals surface area contributed by atoms with Crippen molar-refractivity contribution in [2.45, 2.75) is 19.3 Å². The zero-order chi connectivity index (χ0) is 29.9. The first kappa shape index (κ1) is 25.1. The molecule has 1 aliphatic carbocycles. The number of rotatable bonds is 2. The molecule has 0 fully saturated rings. The molecule has 0 spiro atoms.